The number of fused-ring (bicyclic) bond motifs is 2. The Hall–Kier alpha value is -8.20. The fourth-order valence-electron chi connectivity index (χ4n) is 10.8. The molecule has 0 unspecified atom stereocenters. The molecule has 0 aliphatic rings. The van der Waals surface area contributed by atoms with Crippen molar-refractivity contribution in [2.75, 3.05) is 9.80 Å². The van der Waals surface area contributed by atoms with E-state index >= 15 is 0 Å². The van der Waals surface area contributed by atoms with Gasteiger partial charge in [0.15, 0.2) is 0 Å². The van der Waals surface area contributed by atoms with Crippen molar-refractivity contribution >= 4 is 77.1 Å². The maximum absolute atomic E-state index is 2.52. The second-order valence-electron chi connectivity index (χ2n) is 19.1. The van der Waals surface area contributed by atoms with Crippen LogP contribution in [0.4, 0.5) is 28.4 Å². The quantitative estimate of drug-likeness (QED) is 0.142. The average Bonchev–Trinajstić information content (AvgIpc) is 3.34. The summed E-state index contributed by atoms with van der Waals surface area (Å²) in [5.74, 6) is 0. The van der Waals surface area contributed by atoms with Gasteiger partial charge in [-0.15, -0.1) is 0 Å². The zero-order chi connectivity index (χ0) is 47.3. The van der Waals surface area contributed by atoms with Gasteiger partial charge < -0.3 is 9.80 Å². The van der Waals surface area contributed by atoms with E-state index in [1.807, 2.05) is 0 Å². The highest BCUT2D eigenvalue weighted by Gasteiger charge is 2.23. The molecule has 0 atom stereocenters. The second-order valence-corrected chi connectivity index (χ2v) is 19.1. The molecule has 2 heteroatoms. The van der Waals surface area contributed by atoms with Crippen LogP contribution in [0.5, 0.6) is 0 Å². The molecule has 11 rings (SSSR count). The average molecular weight is 889 g/mol. The fraction of sp³-hybridized carbons (Fsp3) is 0.104. The highest BCUT2D eigenvalue weighted by atomic mass is 15.2. The summed E-state index contributed by atoms with van der Waals surface area (Å²) in [5.41, 5.74) is 19.0. The van der Waals surface area contributed by atoms with E-state index < -0.39 is 0 Å². The van der Waals surface area contributed by atoms with E-state index in [-0.39, 0.29) is 0 Å². The Morgan fingerprint density at radius 2 is 0.884 bits per heavy atom. The first-order chi connectivity index (χ1) is 33.6. The number of anilines is 5. The van der Waals surface area contributed by atoms with Crippen LogP contribution in [0.25, 0.3) is 59.8 Å². The molecule has 11 aromatic rings. The maximum atomic E-state index is 2.52. The van der Waals surface area contributed by atoms with Gasteiger partial charge in [-0.3, -0.25) is 0 Å². The SMILES string of the molecule is C/C(=C\C(c1ccc(C)cc1)=c1\ccc2c(N(c3cc(C)cc(C)c3)c3cccc4ccccc34)cc(-c3ccc(C)cc3)c3cccc1c32)N(c1cc(C)cc(C)c1)c1cccc2ccccc12. The van der Waals surface area contributed by atoms with Crippen molar-refractivity contribution in [1.29, 1.82) is 0 Å². The van der Waals surface area contributed by atoms with Crippen molar-refractivity contribution < 1.29 is 0 Å². The van der Waals surface area contributed by atoms with Gasteiger partial charge >= 0.3 is 0 Å². The Labute approximate surface area is 406 Å². The molecule has 0 heterocycles. The first-order valence-corrected chi connectivity index (χ1v) is 24.2. The van der Waals surface area contributed by atoms with Gasteiger partial charge in [0.05, 0.1) is 17.1 Å². The lowest BCUT2D eigenvalue weighted by molar-refractivity contribution is 1.15. The predicted molar refractivity (Wildman–Crippen MR) is 298 cm³/mol. The Balaban J connectivity index is 1.26. The summed E-state index contributed by atoms with van der Waals surface area (Å²) in [5, 5.41) is 10.9. The van der Waals surface area contributed by atoms with Crippen molar-refractivity contribution in [3.05, 3.63) is 262 Å². The summed E-state index contributed by atoms with van der Waals surface area (Å²) in [7, 11) is 0. The number of rotatable bonds is 9. The Kier molecular flexibility index (Phi) is 11.2. The zero-order valence-electron chi connectivity index (χ0n) is 40.6. The van der Waals surface area contributed by atoms with Crippen LogP contribution in [0, 0.1) is 41.5 Å². The third-order valence-electron chi connectivity index (χ3n) is 13.8. The van der Waals surface area contributed by atoms with E-state index in [1.54, 1.807) is 0 Å². The molecule has 0 aliphatic carbocycles. The van der Waals surface area contributed by atoms with Crippen LogP contribution in [0.1, 0.15) is 45.9 Å². The molecule has 0 saturated carbocycles. The van der Waals surface area contributed by atoms with Crippen LogP contribution in [0.3, 0.4) is 0 Å². The van der Waals surface area contributed by atoms with Crippen molar-refractivity contribution in [3.63, 3.8) is 0 Å². The van der Waals surface area contributed by atoms with E-state index in [0.29, 0.717) is 0 Å². The van der Waals surface area contributed by atoms with Gasteiger partial charge in [0.1, 0.15) is 0 Å². The van der Waals surface area contributed by atoms with Crippen LogP contribution in [-0.4, -0.2) is 0 Å². The smallest absolute Gasteiger partial charge is 0.0547 e. The number of hydrogen-bond acceptors (Lipinski definition) is 2. The molecule has 11 aromatic carbocycles. The highest BCUT2D eigenvalue weighted by Crippen LogP contribution is 2.47. The van der Waals surface area contributed by atoms with Gasteiger partial charge in [-0.1, -0.05) is 175 Å². The minimum atomic E-state index is 1.12. The summed E-state index contributed by atoms with van der Waals surface area (Å²) in [6.07, 6.45) is 2.43. The second kappa shape index (κ2) is 17.8. The van der Waals surface area contributed by atoms with Crippen LogP contribution in [0.15, 0.2) is 218 Å². The molecule has 0 saturated heterocycles. The number of nitrogens with zero attached hydrogens (tertiary/aromatic N) is 2. The largest absolute Gasteiger partial charge is 0.314 e. The normalized spacial score (nSPS) is 12.3. The van der Waals surface area contributed by atoms with Gasteiger partial charge in [0.25, 0.3) is 0 Å². The minimum Gasteiger partial charge on any atom is -0.314 e. The molecular formula is C67H56N2. The van der Waals surface area contributed by atoms with Crippen molar-refractivity contribution in [2.24, 2.45) is 0 Å². The lowest BCUT2D eigenvalue weighted by Crippen LogP contribution is -2.17. The van der Waals surface area contributed by atoms with Crippen LogP contribution < -0.4 is 15.0 Å². The Morgan fingerprint density at radius 1 is 0.377 bits per heavy atom. The van der Waals surface area contributed by atoms with E-state index in [2.05, 4.69) is 271 Å². The third-order valence-corrected chi connectivity index (χ3v) is 13.8. The van der Waals surface area contributed by atoms with Gasteiger partial charge in [-0.2, -0.15) is 0 Å². The molecule has 2 nitrogen and oxygen atoms in total. The monoisotopic (exact) mass is 888 g/mol. The van der Waals surface area contributed by atoms with Crippen molar-refractivity contribution in [3.8, 4) is 11.1 Å². The number of hydrogen-bond donors (Lipinski definition) is 0. The van der Waals surface area contributed by atoms with Gasteiger partial charge in [0.2, 0.25) is 0 Å². The van der Waals surface area contributed by atoms with Gasteiger partial charge in [-0.05, 0) is 174 Å². The van der Waals surface area contributed by atoms with Crippen molar-refractivity contribution in [2.45, 2.75) is 48.5 Å². The number of aryl methyl sites for hydroxylation is 6. The first-order valence-electron chi connectivity index (χ1n) is 24.2. The number of benzene rings is 11. The Morgan fingerprint density at radius 3 is 1.52 bits per heavy atom. The van der Waals surface area contributed by atoms with Gasteiger partial charge in [0, 0.05) is 33.2 Å². The fourth-order valence-corrected chi connectivity index (χ4v) is 10.8. The Bertz CT molecular complexity index is 3800. The molecule has 0 aliphatic heterocycles. The van der Waals surface area contributed by atoms with E-state index in [1.165, 1.54) is 104 Å². The molecule has 0 spiro atoms. The van der Waals surface area contributed by atoms with Gasteiger partial charge in [-0.25, -0.2) is 0 Å². The predicted octanol–water partition coefficient (Wildman–Crippen LogP) is 17.9. The lowest BCUT2D eigenvalue weighted by Gasteiger charge is -2.30. The topological polar surface area (TPSA) is 6.48 Å². The molecule has 0 bridgehead atoms. The molecule has 0 N–H and O–H groups in total. The number of allylic oxidation sites excluding steroid dienone is 2. The summed E-state index contributed by atoms with van der Waals surface area (Å²) in [6.45, 7) is 15.4. The lowest BCUT2D eigenvalue weighted by atomic mass is 9.88. The first kappa shape index (κ1) is 43.4. The molecule has 0 aromatic heterocycles. The zero-order valence-corrected chi connectivity index (χ0v) is 40.6. The van der Waals surface area contributed by atoms with E-state index in [9.17, 15) is 0 Å². The summed E-state index contributed by atoms with van der Waals surface area (Å²) < 4.78 is 0. The molecule has 0 radical (unpaired) electrons. The highest BCUT2D eigenvalue weighted by molar-refractivity contribution is 6.21. The molecule has 0 fully saturated rings. The molecule has 69 heavy (non-hydrogen) atoms. The summed E-state index contributed by atoms with van der Waals surface area (Å²) >= 11 is 0. The van der Waals surface area contributed by atoms with Crippen LogP contribution in [0.2, 0.25) is 0 Å². The summed E-state index contributed by atoms with van der Waals surface area (Å²) in [4.78, 5) is 4.97. The van der Waals surface area contributed by atoms with E-state index in [0.717, 1.165) is 34.1 Å². The minimum absolute atomic E-state index is 1.12. The van der Waals surface area contributed by atoms with Crippen LogP contribution >= 0.6 is 0 Å². The molecule has 0 amide bonds. The third kappa shape index (κ3) is 8.13. The maximum Gasteiger partial charge on any atom is 0.0547 e. The van der Waals surface area contributed by atoms with E-state index in [4.69, 9.17) is 0 Å². The van der Waals surface area contributed by atoms with Crippen LogP contribution in [-0.2, 0) is 0 Å². The molecular weight excluding hydrogens is 833 g/mol. The summed E-state index contributed by atoms with van der Waals surface area (Å²) in [6, 6.07) is 77.0. The van der Waals surface area contributed by atoms with Crippen molar-refractivity contribution in [1.82, 2.24) is 0 Å². The molecule has 334 valence electrons. The standard InChI is InChI=1S/C67H56N2/c1-43-25-29-52(30-26-43)62(41-49(7)68(54-37-45(3)35-46(4)38-54)64-23-12-17-50-15-8-10-19-56(50)64)58-33-34-61-66(42-63(53-31-27-44(2)28-32-53)60-22-14-21-59(58)67(60)61)69(55-39-47(5)36-48(6)40-55)65-24-13-18-51-16-9-11-20-57(51)65/h8-42H,1-7H3/b49-41+,62-58+.